The van der Waals surface area contributed by atoms with Gasteiger partial charge < -0.3 is 14.8 Å². The van der Waals surface area contributed by atoms with Crippen molar-refractivity contribution in [2.75, 3.05) is 13.2 Å². The summed E-state index contributed by atoms with van der Waals surface area (Å²) in [7, 11) is 0. The van der Waals surface area contributed by atoms with Gasteiger partial charge in [-0.25, -0.2) is 4.79 Å². The Morgan fingerprint density at radius 1 is 1.15 bits per heavy atom. The molecule has 3 atom stereocenters. The molecular formula is C21H31NO4. The topological polar surface area (TPSA) is 64.6 Å². The van der Waals surface area contributed by atoms with E-state index in [1.165, 1.54) is 6.42 Å². The van der Waals surface area contributed by atoms with Crippen LogP contribution < -0.4 is 10.1 Å². The number of esters is 1. The van der Waals surface area contributed by atoms with Crippen molar-refractivity contribution in [2.24, 2.45) is 11.8 Å². The van der Waals surface area contributed by atoms with Gasteiger partial charge in [0.15, 0.2) is 6.61 Å². The number of carbonyl (C=O) groups excluding carboxylic acids is 2. The van der Waals surface area contributed by atoms with Gasteiger partial charge in [-0.3, -0.25) is 4.79 Å². The predicted octanol–water partition coefficient (Wildman–Crippen LogP) is 3.96. The van der Waals surface area contributed by atoms with Crippen LogP contribution in [0.15, 0.2) is 24.3 Å². The van der Waals surface area contributed by atoms with Crippen LogP contribution in [0.4, 0.5) is 0 Å². The van der Waals surface area contributed by atoms with Gasteiger partial charge in [-0.05, 0) is 48.9 Å². The molecule has 0 aliphatic heterocycles. The lowest BCUT2D eigenvalue weighted by Gasteiger charge is -2.34. The summed E-state index contributed by atoms with van der Waals surface area (Å²) in [6, 6.07) is 6.98. The molecule has 2 rings (SSSR count). The maximum absolute atomic E-state index is 12.1. The molecule has 0 saturated heterocycles. The van der Waals surface area contributed by atoms with Crippen molar-refractivity contribution in [2.45, 2.75) is 58.9 Å². The Morgan fingerprint density at radius 2 is 1.88 bits per heavy atom. The predicted molar refractivity (Wildman–Crippen MR) is 101 cm³/mol. The quantitative estimate of drug-likeness (QED) is 0.562. The van der Waals surface area contributed by atoms with Crippen molar-refractivity contribution in [1.82, 2.24) is 5.32 Å². The normalized spacial score (nSPS) is 22.5. The molecular weight excluding hydrogens is 330 g/mol. The standard InChI is InChI=1S/C21H31NO4/c1-4-5-13-25-18-11-9-17(10-12-18)21(24)26-14-20(23)22-19-8-6-7-15(2)16(19)3/h9-12,15-16,19H,4-8,13-14H2,1-3H3,(H,22,23)/t15-,16-,19-/m1/s1. The second-order valence-corrected chi connectivity index (χ2v) is 7.24. The molecule has 5 heteroatoms. The molecule has 0 heterocycles. The van der Waals surface area contributed by atoms with Gasteiger partial charge in [-0.15, -0.1) is 0 Å². The largest absolute Gasteiger partial charge is 0.494 e. The Balaban J connectivity index is 1.76. The first kappa shape index (κ1) is 20.3. The fourth-order valence-corrected chi connectivity index (χ4v) is 3.27. The van der Waals surface area contributed by atoms with E-state index in [0.717, 1.165) is 31.4 Å². The Labute approximate surface area is 156 Å². The summed E-state index contributed by atoms with van der Waals surface area (Å²) < 4.78 is 10.7. The summed E-state index contributed by atoms with van der Waals surface area (Å²) in [5.41, 5.74) is 0.417. The molecule has 1 saturated carbocycles. The number of unbranched alkanes of at least 4 members (excludes halogenated alkanes) is 1. The minimum atomic E-state index is -0.495. The number of carbonyl (C=O) groups is 2. The summed E-state index contributed by atoms with van der Waals surface area (Å²) >= 11 is 0. The van der Waals surface area contributed by atoms with Crippen LogP contribution in [0, 0.1) is 11.8 Å². The number of hydrogen-bond donors (Lipinski definition) is 1. The molecule has 1 N–H and O–H groups in total. The number of benzene rings is 1. The maximum Gasteiger partial charge on any atom is 0.338 e. The Morgan fingerprint density at radius 3 is 2.58 bits per heavy atom. The third kappa shape index (κ3) is 6.04. The van der Waals surface area contributed by atoms with E-state index in [-0.39, 0.29) is 18.6 Å². The smallest absolute Gasteiger partial charge is 0.338 e. The van der Waals surface area contributed by atoms with Crippen LogP contribution in [0.2, 0.25) is 0 Å². The molecule has 144 valence electrons. The van der Waals surface area contributed by atoms with E-state index in [4.69, 9.17) is 9.47 Å². The van der Waals surface area contributed by atoms with Crippen LogP contribution in [0.5, 0.6) is 5.75 Å². The molecule has 0 bridgehead atoms. The van der Waals surface area contributed by atoms with E-state index < -0.39 is 5.97 Å². The molecule has 0 spiro atoms. The molecule has 0 radical (unpaired) electrons. The van der Waals surface area contributed by atoms with Gasteiger partial charge in [0.2, 0.25) is 0 Å². The van der Waals surface area contributed by atoms with Crippen LogP contribution in [0.25, 0.3) is 0 Å². The minimum Gasteiger partial charge on any atom is -0.494 e. The summed E-state index contributed by atoms with van der Waals surface area (Å²) in [5.74, 6) is 1.06. The second kappa shape index (κ2) is 10.2. The van der Waals surface area contributed by atoms with E-state index in [1.54, 1.807) is 24.3 Å². The van der Waals surface area contributed by atoms with Gasteiger partial charge in [0.25, 0.3) is 5.91 Å². The lowest BCUT2D eigenvalue weighted by atomic mass is 9.78. The van der Waals surface area contributed by atoms with Gasteiger partial charge in [0.1, 0.15) is 5.75 Å². The molecule has 1 aliphatic rings. The van der Waals surface area contributed by atoms with Crippen molar-refractivity contribution >= 4 is 11.9 Å². The third-order valence-electron chi connectivity index (χ3n) is 5.24. The number of amides is 1. The van der Waals surface area contributed by atoms with Crippen LogP contribution in [0.3, 0.4) is 0 Å². The molecule has 26 heavy (non-hydrogen) atoms. The zero-order chi connectivity index (χ0) is 18.9. The number of ether oxygens (including phenoxy) is 2. The van der Waals surface area contributed by atoms with E-state index in [9.17, 15) is 9.59 Å². The zero-order valence-electron chi connectivity index (χ0n) is 16.1. The zero-order valence-corrected chi connectivity index (χ0v) is 16.1. The van der Waals surface area contributed by atoms with Crippen molar-refractivity contribution in [3.8, 4) is 5.75 Å². The number of nitrogens with one attached hydrogen (secondary N) is 1. The van der Waals surface area contributed by atoms with Crippen molar-refractivity contribution in [3.63, 3.8) is 0 Å². The van der Waals surface area contributed by atoms with Gasteiger partial charge >= 0.3 is 5.97 Å². The summed E-state index contributed by atoms with van der Waals surface area (Å²) in [5, 5.41) is 3.01. The number of rotatable bonds is 8. The molecule has 1 fully saturated rings. The molecule has 1 aromatic carbocycles. The average Bonchev–Trinajstić information content (AvgIpc) is 2.64. The molecule has 5 nitrogen and oxygen atoms in total. The first-order chi connectivity index (χ1) is 12.5. The van der Waals surface area contributed by atoms with Crippen molar-refractivity contribution < 1.29 is 19.1 Å². The highest BCUT2D eigenvalue weighted by molar-refractivity contribution is 5.91. The van der Waals surface area contributed by atoms with Gasteiger partial charge in [0, 0.05) is 6.04 Å². The van der Waals surface area contributed by atoms with Crippen molar-refractivity contribution in [3.05, 3.63) is 29.8 Å². The van der Waals surface area contributed by atoms with Crippen LogP contribution in [-0.4, -0.2) is 31.1 Å². The minimum absolute atomic E-state index is 0.171. The van der Waals surface area contributed by atoms with Crippen molar-refractivity contribution in [1.29, 1.82) is 0 Å². The van der Waals surface area contributed by atoms with Gasteiger partial charge in [-0.1, -0.05) is 40.0 Å². The molecule has 1 aromatic rings. The summed E-state index contributed by atoms with van der Waals surface area (Å²) in [4.78, 5) is 24.2. The lowest BCUT2D eigenvalue weighted by molar-refractivity contribution is -0.125. The SMILES string of the molecule is CCCCOc1ccc(C(=O)OCC(=O)N[C@@H]2CCC[C@@H](C)[C@H]2C)cc1. The highest BCUT2D eigenvalue weighted by Gasteiger charge is 2.28. The van der Waals surface area contributed by atoms with Gasteiger partial charge in [0.05, 0.1) is 12.2 Å². The molecule has 1 amide bonds. The average molecular weight is 361 g/mol. The highest BCUT2D eigenvalue weighted by Crippen LogP contribution is 2.29. The Hall–Kier alpha value is -2.04. The fraction of sp³-hybridized carbons (Fsp3) is 0.619. The fourth-order valence-electron chi connectivity index (χ4n) is 3.27. The maximum atomic E-state index is 12.1. The van der Waals surface area contributed by atoms with Gasteiger partial charge in [-0.2, -0.15) is 0 Å². The monoisotopic (exact) mass is 361 g/mol. The first-order valence-electron chi connectivity index (χ1n) is 9.70. The summed E-state index contributed by atoms with van der Waals surface area (Å²) in [6.45, 7) is 6.92. The van der Waals surface area contributed by atoms with E-state index >= 15 is 0 Å². The lowest BCUT2D eigenvalue weighted by Crippen LogP contribution is -2.45. The van der Waals surface area contributed by atoms with E-state index in [2.05, 4.69) is 26.1 Å². The van der Waals surface area contributed by atoms with Crippen LogP contribution in [-0.2, 0) is 9.53 Å². The number of hydrogen-bond acceptors (Lipinski definition) is 4. The molecule has 0 aromatic heterocycles. The second-order valence-electron chi connectivity index (χ2n) is 7.24. The van der Waals surface area contributed by atoms with E-state index in [1.807, 2.05) is 0 Å². The Bertz CT molecular complexity index is 584. The van der Waals surface area contributed by atoms with Crippen LogP contribution >= 0.6 is 0 Å². The third-order valence-corrected chi connectivity index (χ3v) is 5.24. The highest BCUT2D eigenvalue weighted by atomic mass is 16.5. The molecule has 1 aliphatic carbocycles. The molecule has 0 unspecified atom stereocenters. The Kier molecular flexibility index (Phi) is 7.95. The summed E-state index contributed by atoms with van der Waals surface area (Å²) in [6.07, 6.45) is 5.40. The first-order valence-corrected chi connectivity index (χ1v) is 9.70. The van der Waals surface area contributed by atoms with Crippen LogP contribution in [0.1, 0.15) is 63.2 Å². The van der Waals surface area contributed by atoms with E-state index in [0.29, 0.717) is 24.0 Å².